The molecule has 1 saturated heterocycles. The van der Waals surface area contributed by atoms with Gasteiger partial charge < -0.3 is 15.5 Å². The molecule has 0 aliphatic carbocycles. The molecule has 1 aliphatic heterocycles. The lowest BCUT2D eigenvalue weighted by atomic mass is 10.0. The van der Waals surface area contributed by atoms with Crippen LogP contribution in [0, 0.1) is 0 Å². The molecule has 0 amide bonds. The summed E-state index contributed by atoms with van der Waals surface area (Å²) in [5.41, 5.74) is 1.39. The highest BCUT2D eigenvalue weighted by Gasteiger charge is 2.21. The average Bonchev–Trinajstić information content (AvgIpc) is 3.07. The van der Waals surface area contributed by atoms with Crippen LogP contribution in [0.15, 0.2) is 21.8 Å². The molecule has 2 N–H and O–H groups in total. The zero-order valence-electron chi connectivity index (χ0n) is 15.0. The highest BCUT2D eigenvalue weighted by molar-refractivity contribution is 7.07. The van der Waals surface area contributed by atoms with Crippen molar-refractivity contribution in [3.8, 4) is 0 Å². The number of rotatable bonds is 6. The van der Waals surface area contributed by atoms with Crippen molar-refractivity contribution >= 4 is 17.3 Å². The highest BCUT2D eigenvalue weighted by Crippen LogP contribution is 2.18. The van der Waals surface area contributed by atoms with Gasteiger partial charge in [-0.1, -0.05) is 6.92 Å². The minimum atomic E-state index is 0.472. The van der Waals surface area contributed by atoms with Crippen molar-refractivity contribution in [1.82, 2.24) is 15.5 Å². The molecule has 1 unspecified atom stereocenters. The first kappa shape index (κ1) is 18.3. The Morgan fingerprint density at radius 1 is 1.35 bits per heavy atom. The Kier molecular flexibility index (Phi) is 7.37. The third-order valence-electron chi connectivity index (χ3n) is 4.58. The minimum Gasteiger partial charge on any atom is -0.357 e. The predicted molar refractivity (Wildman–Crippen MR) is 102 cm³/mol. The number of likely N-dealkylation sites (tertiary alicyclic amines) is 1. The Morgan fingerprint density at radius 3 is 2.65 bits per heavy atom. The number of aliphatic imine (C=N–C) groups is 1. The van der Waals surface area contributed by atoms with Crippen molar-refractivity contribution in [1.29, 1.82) is 0 Å². The molecule has 23 heavy (non-hydrogen) atoms. The SMILES string of the molecule is CCNC(=NCC(C)c1ccsc1)NC1CCN(C(C)C)CC1. The number of piperidine rings is 1. The average molecular weight is 337 g/mol. The predicted octanol–water partition coefficient (Wildman–Crippen LogP) is 3.28. The summed E-state index contributed by atoms with van der Waals surface area (Å²) < 4.78 is 0. The zero-order valence-corrected chi connectivity index (χ0v) is 15.8. The molecule has 1 aromatic rings. The Labute approximate surface area is 145 Å². The Morgan fingerprint density at radius 2 is 2.09 bits per heavy atom. The highest BCUT2D eigenvalue weighted by atomic mass is 32.1. The Balaban J connectivity index is 1.85. The summed E-state index contributed by atoms with van der Waals surface area (Å²) in [6, 6.07) is 3.40. The fraction of sp³-hybridized carbons (Fsp3) is 0.722. The van der Waals surface area contributed by atoms with Crippen molar-refractivity contribution in [2.75, 3.05) is 26.2 Å². The second-order valence-corrected chi connectivity index (χ2v) is 7.51. The zero-order chi connectivity index (χ0) is 16.7. The quantitative estimate of drug-likeness (QED) is 0.619. The first-order chi connectivity index (χ1) is 11.1. The number of nitrogens with zero attached hydrogens (tertiary/aromatic N) is 2. The van der Waals surface area contributed by atoms with Crippen LogP contribution >= 0.6 is 11.3 Å². The fourth-order valence-electron chi connectivity index (χ4n) is 2.96. The molecule has 0 aromatic carbocycles. The third kappa shape index (κ3) is 5.81. The van der Waals surface area contributed by atoms with E-state index in [-0.39, 0.29) is 0 Å². The number of nitrogens with one attached hydrogen (secondary N) is 2. The second kappa shape index (κ2) is 9.28. The summed E-state index contributed by atoms with van der Waals surface area (Å²) in [5, 5.41) is 11.4. The van der Waals surface area contributed by atoms with E-state index in [9.17, 15) is 0 Å². The molecule has 1 atom stereocenters. The lowest BCUT2D eigenvalue weighted by Gasteiger charge is -2.35. The molecule has 130 valence electrons. The molecule has 1 aromatic heterocycles. The number of hydrogen-bond acceptors (Lipinski definition) is 3. The van der Waals surface area contributed by atoms with Gasteiger partial charge in [0.25, 0.3) is 0 Å². The van der Waals surface area contributed by atoms with E-state index in [1.165, 1.54) is 31.5 Å². The maximum atomic E-state index is 4.80. The van der Waals surface area contributed by atoms with E-state index < -0.39 is 0 Å². The van der Waals surface area contributed by atoms with E-state index >= 15 is 0 Å². The normalized spacial score (nSPS) is 19.1. The van der Waals surface area contributed by atoms with Crippen LogP contribution < -0.4 is 10.6 Å². The van der Waals surface area contributed by atoms with Gasteiger partial charge in [-0.2, -0.15) is 11.3 Å². The van der Waals surface area contributed by atoms with Crippen LogP contribution in [0.25, 0.3) is 0 Å². The van der Waals surface area contributed by atoms with Gasteiger partial charge >= 0.3 is 0 Å². The lowest BCUT2D eigenvalue weighted by molar-refractivity contribution is 0.167. The summed E-state index contributed by atoms with van der Waals surface area (Å²) in [6.45, 7) is 13.0. The summed E-state index contributed by atoms with van der Waals surface area (Å²) in [5.74, 6) is 1.44. The van der Waals surface area contributed by atoms with Crippen LogP contribution in [0.3, 0.4) is 0 Å². The standard InChI is InChI=1S/C18H32N4S/c1-5-19-18(20-12-15(4)16-8-11-23-13-16)21-17-6-9-22(10-7-17)14(2)3/h8,11,13-15,17H,5-7,9-10,12H2,1-4H3,(H2,19,20,21). The largest absolute Gasteiger partial charge is 0.357 e. The first-order valence-electron chi connectivity index (χ1n) is 8.91. The molecule has 1 aliphatic rings. The molecular formula is C18H32N4S. The monoisotopic (exact) mass is 336 g/mol. The van der Waals surface area contributed by atoms with Gasteiger partial charge in [-0.25, -0.2) is 0 Å². The van der Waals surface area contributed by atoms with Crippen molar-refractivity contribution in [2.24, 2.45) is 4.99 Å². The molecule has 1 fully saturated rings. The maximum absolute atomic E-state index is 4.80. The second-order valence-electron chi connectivity index (χ2n) is 6.73. The van der Waals surface area contributed by atoms with Crippen LogP contribution in [0.4, 0.5) is 0 Å². The topological polar surface area (TPSA) is 39.7 Å². The van der Waals surface area contributed by atoms with Crippen LogP contribution in [-0.2, 0) is 0 Å². The molecule has 0 radical (unpaired) electrons. The van der Waals surface area contributed by atoms with Gasteiger partial charge in [0.05, 0.1) is 0 Å². The van der Waals surface area contributed by atoms with Gasteiger partial charge in [-0.15, -0.1) is 0 Å². The van der Waals surface area contributed by atoms with Gasteiger partial charge in [0.2, 0.25) is 0 Å². The van der Waals surface area contributed by atoms with Crippen LogP contribution in [0.1, 0.15) is 52.0 Å². The molecular weight excluding hydrogens is 304 g/mol. The van der Waals surface area contributed by atoms with E-state index in [4.69, 9.17) is 4.99 Å². The van der Waals surface area contributed by atoms with E-state index in [1.807, 2.05) is 0 Å². The third-order valence-corrected chi connectivity index (χ3v) is 5.28. The van der Waals surface area contributed by atoms with Gasteiger partial charge in [-0.3, -0.25) is 4.99 Å². The van der Waals surface area contributed by atoms with Gasteiger partial charge in [0, 0.05) is 44.2 Å². The maximum Gasteiger partial charge on any atom is 0.191 e. The van der Waals surface area contributed by atoms with Crippen molar-refractivity contribution in [2.45, 2.75) is 58.5 Å². The van der Waals surface area contributed by atoms with Crippen molar-refractivity contribution < 1.29 is 0 Å². The Hall–Kier alpha value is -1.07. The van der Waals surface area contributed by atoms with Crippen LogP contribution in [0.5, 0.6) is 0 Å². The van der Waals surface area contributed by atoms with E-state index in [0.29, 0.717) is 18.0 Å². The lowest BCUT2D eigenvalue weighted by Crippen LogP contribution is -2.49. The molecule has 0 saturated carbocycles. The number of guanidine groups is 1. The van der Waals surface area contributed by atoms with E-state index in [0.717, 1.165) is 19.0 Å². The molecule has 4 nitrogen and oxygen atoms in total. The summed E-state index contributed by atoms with van der Waals surface area (Å²) in [7, 11) is 0. The molecule has 0 spiro atoms. The van der Waals surface area contributed by atoms with Gasteiger partial charge in [-0.05, 0) is 56.0 Å². The molecule has 5 heteroatoms. The van der Waals surface area contributed by atoms with Crippen molar-refractivity contribution in [3.63, 3.8) is 0 Å². The molecule has 2 heterocycles. The van der Waals surface area contributed by atoms with E-state index in [1.54, 1.807) is 11.3 Å². The van der Waals surface area contributed by atoms with Crippen LogP contribution in [-0.4, -0.2) is 49.1 Å². The van der Waals surface area contributed by atoms with Crippen LogP contribution in [0.2, 0.25) is 0 Å². The summed E-state index contributed by atoms with van der Waals surface area (Å²) in [6.07, 6.45) is 2.39. The summed E-state index contributed by atoms with van der Waals surface area (Å²) >= 11 is 1.76. The molecule has 2 rings (SSSR count). The summed E-state index contributed by atoms with van der Waals surface area (Å²) in [4.78, 5) is 7.36. The molecule has 0 bridgehead atoms. The smallest absolute Gasteiger partial charge is 0.191 e. The number of hydrogen-bond donors (Lipinski definition) is 2. The van der Waals surface area contributed by atoms with E-state index in [2.05, 4.69) is 60.1 Å². The van der Waals surface area contributed by atoms with Gasteiger partial charge in [0.1, 0.15) is 0 Å². The Bertz CT molecular complexity index is 461. The number of thiophene rings is 1. The van der Waals surface area contributed by atoms with Crippen molar-refractivity contribution in [3.05, 3.63) is 22.4 Å². The fourth-order valence-corrected chi connectivity index (χ4v) is 3.74. The first-order valence-corrected chi connectivity index (χ1v) is 9.85. The minimum absolute atomic E-state index is 0.472. The van der Waals surface area contributed by atoms with Gasteiger partial charge in [0.15, 0.2) is 5.96 Å².